The van der Waals surface area contributed by atoms with Crippen molar-refractivity contribution in [2.75, 3.05) is 6.79 Å². The molecule has 0 spiro atoms. The van der Waals surface area contributed by atoms with E-state index in [1.807, 2.05) is 0 Å². The third-order valence-electron chi connectivity index (χ3n) is 3.04. The standard InChI is InChI=1S/C13H5Cl3N2O2S/c14-10-2-6(12(16)21-10)13-17-7-3-9-8(19-4-20-9)1-5(7)11(15)18-13/h1-3H,4H2. The Labute approximate surface area is 138 Å². The van der Waals surface area contributed by atoms with Gasteiger partial charge in [0.2, 0.25) is 6.79 Å². The molecule has 0 saturated carbocycles. The Morgan fingerprint density at radius 3 is 2.48 bits per heavy atom. The van der Waals surface area contributed by atoms with Gasteiger partial charge in [0.1, 0.15) is 9.49 Å². The van der Waals surface area contributed by atoms with Gasteiger partial charge >= 0.3 is 0 Å². The summed E-state index contributed by atoms with van der Waals surface area (Å²) >= 11 is 19.6. The summed E-state index contributed by atoms with van der Waals surface area (Å²) in [5.74, 6) is 1.70. The summed E-state index contributed by atoms with van der Waals surface area (Å²) < 4.78 is 11.8. The summed E-state index contributed by atoms with van der Waals surface area (Å²) in [4.78, 5) is 8.78. The maximum atomic E-state index is 6.25. The topological polar surface area (TPSA) is 44.2 Å². The monoisotopic (exact) mass is 358 g/mol. The van der Waals surface area contributed by atoms with E-state index in [-0.39, 0.29) is 6.79 Å². The Morgan fingerprint density at radius 1 is 1.00 bits per heavy atom. The molecule has 21 heavy (non-hydrogen) atoms. The van der Waals surface area contributed by atoms with E-state index in [0.29, 0.717) is 47.6 Å². The fourth-order valence-electron chi connectivity index (χ4n) is 2.09. The number of fused-ring (bicyclic) bond motifs is 2. The van der Waals surface area contributed by atoms with Gasteiger partial charge in [-0.1, -0.05) is 34.8 Å². The van der Waals surface area contributed by atoms with Gasteiger partial charge in [0.25, 0.3) is 0 Å². The zero-order valence-corrected chi connectivity index (χ0v) is 13.3. The van der Waals surface area contributed by atoms with Gasteiger partial charge in [0.15, 0.2) is 17.3 Å². The second-order valence-electron chi connectivity index (χ2n) is 4.30. The third-order valence-corrected chi connectivity index (χ3v) is 4.82. The smallest absolute Gasteiger partial charge is 0.231 e. The quantitative estimate of drug-likeness (QED) is 0.570. The van der Waals surface area contributed by atoms with Crippen LogP contribution in [0.3, 0.4) is 0 Å². The van der Waals surface area contributed by atoms with E-state index in [1.165, 1.54) is 11.3 Å². The fourth-order valence-corrected chi connectivity index (χ4v) is 3.78. The summed E-state index contributed by atoms with van der Waals surface area (Å²) in [5.41, 5.74) is 1.32. The van der Waals surface area contributed by atoms with Gasteiger partial charge in [-0.2, -0.15) is 0 Å². The van der Waals surface area contributed by atoms with E-state index in [9.17, 15) is 0 Å². The molecule has 0 bridgehead atoms. The number of rotatable bonds is 1. The van der Waals surface area contributed by atoms with E-state index >= 15 is 0 Å². The average molecular weight is 360 g/mol. The zero-order chi connectivity index (χ0) is 14.6. The summed E-state index contributed by atoms with van der Waals surface area (Å²) in [6.07, 6.45) is 0. The number of nitrogens with zero attached hydrogens (tertiary/aromatic N) is 2. The van der Waals surface area contributed by atoms with Crippen LogP contribution in [0.1, 0.15) is 0 Å². The molecule has 0 N–H and O–H groups in total. The van der Waals surface area contributed by atoms with Gasteiger partial charge in [-0.15, -0.1) is 11.3 Å². The highest BCUT2D eigenvalue weighted by molar-refractivity contribution is 7.20. The van der Waals surface area contributed by atoms with Crippen molar-refractivity contribution >= 4 is 57.0 Å². The first-order valence-corrected chi connectivity index (χ1v) is 7.79. The second kappa shape index (κ2) is 4.88. The molecule has 4 nitrogen and oxygen atoms in total. The summed E-state index contributed by atoms with van der Waals surface area (Å²) in [6.45, 7) is 0.190. The molecule has 0 aliphatic carbocycles. The molecular weight excluding hydrogens is 355 g/mol. The van der Waals surface area contributed by atoms with Crippen molar-refractivity contribution in [3.05, 3.63) is 32.0 Å². The normalized spacial score (nSPS) is 13.1. The molecule has 2 aromatic heterocycles. The number of benzene rings is 1. The van der Waals surface area contributed by atoms with Crippen molar-refractivity contribution in [1.29, 1.82) is 0 Å². The van der Waals surface area contributed by atoms with E-state index in [0.717, 1.165) is 0 Å². The van der Waals surface area contributed by atoms with Gasteiger partial charge in [0, 0.05) is 11.5 Å². The summed E-state index contributed by atoms with van der Waals surface area (Å²) in [5, 5.41) is 1.02. The van der Waals surface area contributed by atoms with Gasteiger partial charge in [-0.3, -0.25) is 0 Å². The lowest BCUT2D eigenvalue weighted by molar-refractivity contribution is 0.174. The van der Waals surface area contributed by atoms with E-state index in [2.05, 4.69) is 9.97 Å². The van der Waals surface area contributed by atoms with Crippen LogP contribution in [0, 0.1) is 0 Å². The van der Waals surface area contributed by atoms with Crippen LogP contribution in [-0.4, -0.2) is 16.8 Å². The Morgan fingerprint density at radius 2 is 1.76 bits per heavy atom. The zero-order valence-electron chi connectivity index (χ0n) is 10.2. The fraction of sp³-hybridized carbons (Fsp3) is 0.0769. The minimum absolute atomic E-state index is 0.190. The summed E-state index contributed by atoms with van der Waals surface area (Å²) in [7, 11) is 0. The van der Waals surface area contributed by atoms with Crippen molar-refractivity contribution in [3.63, 3.8) is 0 Å². The highest BCUT2D eigenvalue weighted by Gasteiger charge is 2.19. The van der Waals surface area contributed by atoms with Crippen LogP contribution in [0.2, 0.25) is 13.8 Å². The van der Waals surface area contributed by atoms with Crippen molar-refractivity contribution in [2.45, 2.75) is 0 Å². The summed E-state index contributed by atoms with van der Waals surface area (Å²) in [6, 6.07) is 5.27. The molecule has 3 aromatic rings. The maximum Gasteiger partial charge on any atom is 0.231 e. The highest BCUT2D eigenvalue weighted by atomic mass is 35.5. The van der Waals surface area contributed by atoms with Crippen LogP contribution in [0.15, 0.2) is 18.2 Å². The Hall–Kier alpha value is -1.27. The molecule has 3 heterocycles. The predicted octanol–water partition coefficient (Wildman–Crippen LogP) is 5.05. The van der Waals surface area contributed by atoms with Gasteiger partial charge in [-0.25, -0.2) is 9.97 Å². The Bertz CT molecular complexity index is 881. The molecule has 4 rings (SSSR count). The Balaban J connectivity index is 1.96. The third kappa shape index (κ3) is 2.21. The van der Waals surface area contributed by atoms with Gasteiger partial charge in [0.05, 0.1) is 15.4 Å². The minimum atomic E-state index is 0.190. The number of ether oxygens (including phenoxy) is 2. The van der Waals surface area contributed by atoms with E-state index in [1.54, 1.807) is 18.2 Å². The molecule has 0 amide bonds. The lowest BCUT2D eigenvalue weighted by Crippen LogP contribution is -1.92. The van der Waals surface area contributed by atoms with Crippen LogP contribution in [-0.2, 0) is 0 Å². The molecule has 0 fully saturated rings. The van der Waals surface area contributed by atoms with Crippen LogP contribution in [0.25, 0.3) is 22.3 Å². The molecule has 1 aromatic carbocycles. The van der Waals surface area contributed by atoms with Gasteiger partial charge < -0.3 is 9.47 Å². The first-order valence-electron chi connectivity index (χ1n) is 5.84. The molecular formula is C13H5Cl3N2O2S. The van der Waals surface area contributed by atoms with E-state index < -0.39 is 0 Å². The van der Waals surface area contributed by atoms with Crippen LogP contribution in [0.5, 0.6) is 11.5 Å². The first kappa shape index (κ1) is 13.4. The van der Waals surface area contributed by atoms with Crippen LogP contribution < -0.4 is 9.47 Å². The highest BCUT2D eigenvalue weighted by Crippen LogP contribution is 2.40. The van der Waals surface area contributed by atoms with E-state index in [4.69, 9.17) is 44.3 Å². The number of halogens is 3. The maximum absolute atomic E-state index is 6.25. The van der Waals surface area contributed by atoms with Crippen molar-refractivity contribution < 1.29 is 9.47 Å². The SMILES string of the molecule is Clc1cc(-c2nc(Cl)c3cc4c(cc3n2)OCO4)c(Cl)s1. The number of aromatic nitrogens is 2. The lowest BCUT2D eigenvalue weighted by atomic mass is 10.2. The molecule has 106 valence electrons. The van der Waals surface area contributed by atoms with Crippen molar-refractivity contribution in [1.82, 2.24) is 9.97 Å². The largest absolute Gasteiger partial charge is 0.454 e. The lowest BCUT2D eigenvalue weighted by Gasteiger charge is -2.05. The molecule has 8 heteroatoms. The Kier molecular flexibility index (Phi) is 3.11. The van der Waals surface area contributed by atoms with Crippen molar-refractivity contribution in [2.24, 2.45) is 0 Å². The number of hydrogen-bond donors (Lipinski definition) is 0. The van der Waals surface area contributed by atoms with Crippen molar-refractivity contribution in [3.8, 4) is 22.9 Å². The number of thiophene rings is 1. The number of hydrogen-bond acceptors (Lipinski definition) is 5. The van der Waals surface area contributed by atoms with Crippen LogP contribution in [0.4, 0.5) is 0 Å². The first-order chi connectivity index (χ1) is 10.1. The molecule has 1 aliphatic rings. The van der Waals surface area contributed by atoms with Gasteiger partial charge in [-0.05, 0) is 12.1 Å². The van der Waals surface area contributed by atoms with Crippen LogP contribution >= 0.6 is 46.1 Å². The molecule has 0 unspecified atom stereocenters. The molecule has 0 atom stereocenters. The second-order valence-corrected chi connectivity index (χ2v) is 6.94. The molecule has 0 radical (unpaired) electrons. The molecule has 1 aliphatic heterocycles. The molecule has 0 saturated heterocycles. The average Bonchev–Trinajstić information content (AvgIpc) is 3.02. The minimum Gasteiger partial charge on any atom is -0.454 e. The predicted molar refractivity (Wildman–Crippen MR) is 84.0 cm³/mol.